The lowest BCUT2D eigenvalue weighted by molar-refractivity contribution is 0.355. The number of hydrogen-bond donors (Lipinski definition) is 0. The van der Waals surface area contributed by atoms with Crippen LogP contribution < -0.4 is 9.47 Å². The van der Waals surface area contributed by atoms with Crippen LogP contribution in [0.4, 0.5) is 5.95 Å². The van der Waals surface area contributed by atoms with E-state index >= 15 is 0 Å². The Bertz CT molecular complexity index is 1120. The largest absolute Gasteiger partial charge is 0.493 e. The van der Waals surface area contributed by atoms with E-state index in [4.69, 9.17) is 14.5 Å². The molecule has 0 fully saturated rings. The van der Waals surface area contributed by atoms with Crippen molar-refractivity contribution >= 4 is 23.2 Å². The molecular weight excluding hydrogens is 350 g/mol. The van der Waals surface area contributed by atoms with Gasteiger partial charge in [0.2, 0.25) is 5.95 Å². The Balaban J connectivity index is 1.72. The van der Waals surface area contributed by atoms with E-state index in [1.807, 2.05) is 54.6 Å². The van der Waals surface area contributed by atoms with Crippen molar-refractivity contribution < 1.29 is 9.47 Å². The molecule has 0 aliphatic heterocycles. The number of aliphatic imine (C=N–C) groups is 1. The van der Waals surface area contributed by atoms with E-state index in [1.165, 1.54) is 5.56 Å². The average molecular weight is 371 g/mol. The van der Waals surface area contributed by atoms with Crippen molar-refractivity contribution in [2.75, 3.05) is 14.2 Å². The van der Waals surface area contributed by atoms with Gasteiger partial charge >= 0.3 is 0 Å². The summed E-state index contributed by atoms with van der Waals surface area (Å²) in [6, 6.07) is 24.1. The molecule has 0 radical (unpaired) electrons. The summed E-state index contributed by atoms with van der Waals surface area (Å²) in [6.45, 7) is 0.708. The van der Waals surface area contributed by atoms with Gasteiger partial charge in [-0.05, 0) is 41.5 Å². The van der Waals surface area contributed by atoms with Crippen molar-refractivity contribution in [1.82, 2.24) is 9.55 Å². The van der Waals surface area contributed by atoms with Crippen LogP contribution in [0.1, 0.15) is 11.1 Å². The fourth-order valence-corrected chi connectivity index (χ4v) is 3.15. The summed E-state index contributed by atoms with van der Waals surface area (Å²) in [7, 11) is 3.25. The second-order valence-corrected chi connectivity index (χ2v) is 6.34. The lowest BCUT2D eigenvalue weighted by Crippen LogP contribution is -1.99. The maximum Gasteiger partial charge on any atom is 0.230 e. The Hall–Kier alpha value is -3.60. The zero-order chi connectivity index (χ0) is 19.3. The summed E-state index contributed by atoms with van der Waals surface area (Å²) >= 11 is 0. The molecule has 0 atom stereocenters. The molecule has 1 heterocycles. The van der Waals surface area contributed by atoms with E-state index in [2.05, 4.69) is 27.8 Å². The number of rotatable bonds is 6. The maximum absolute atomic E-state index is 5.37. The van der Waals surface area contributed by atoms with E-state index in [0.717, 1.165) is 16.6 Å². The van der Waals surface area contributed by atoms with Gasteiger partial charge < -0.3 is 14.0 Å². The first-order valence-corrected chi connectivity index (χ1v) is 9.04. The lowest BCUT2D eigenvalue weighted by Gasteiger charge is -2.08. The first-order chi connectivity index (χ1) is 13.8. The Morgan fingerprint density at radius 2 is 1.64 bits per heavy atom. The highest BCUT2D eigenvalue weighted by Gasteiger charge is 2.10. The van der Waals surface area contributed by atoms with Crippen molar-refractivity contribution in [1.29, 1.82) is 0 Å². The Morgan fingerprint density at radius 3 is 2.43 bits per heavy atom. The van der Waals surface area contributed by atoms with Crippen molar-refractivity contribution in [2.45, 2.75) is 6.54 Å². The van der Waals surface area contributed by atoms with Crippen LogP contribution in [0.2, 0.25) is 0 Å². The molecule has 4 rings (SSSR count). The fraction of sp³-hybridized carbons (Fsp3) is 0.130. The van der Waals surface area contributed by atoms with Crippen molar-refractivity contribution in [2.24, 2.45) is 4.99 Å². The van der Waals surface area contributed by atoms with Crippen molar-refractivity contribution in [3.8, 4) is 11.5 Å². The van der Waals surface area contributed by atoms with Gasteiger partial charge in [0, 0.05) is 6.21 Å². The van der Waals surface area contributed by atoms with Gasteiger partial charge in [-0.15, -0.1) is 0 Å². The third-order valence-electron chi connectivity index (χ3n) is 4.55. The molecule has 1 aromatic heterocycles. The summed E-state index contributed by atoms with van der Waals surface area (Å²) < 4.78 is 12.8. The minimum Gasteiger partial charge on any atom is -0.493 e. The second-order valence-electron chi connectivity index (χ2n) is 6.34. The van der Waals surface area contributed by atoms with Gasteiger partial charge in [-0.2, -0.15) is 0 Å². The summed E-state index contributed by atoms with van der Waals surface area (Å²) in [4.78, 5) is 9.38. The molecule has 3 aromatic carbocycles. The molecule has 0 saturated heterocycles. The van der Waals surface area contributed by atoms with Crippen LogP contribution in [-0.2, 0) is 6.54 Å². The van der Waals surface area contributed by atoms with E-state index in [0.29, 0.717) is 24.0 Å². The molecule has 4 aromatic rings. The highest BCUT2D eigenvalue weighted by molar-refractivity contribution is 5.84. The van der Waals surface area contributed by atoms with Gasteiger partial charge in [0.1, 0.15) is 0 Å². The predicted molar refractivity (Wildman–Crippen MR) is 112 cm³/mol. The van der Waals surface area contributed by atoms with Gasteiger partial charge in [-0.3, -0.25) is 0 Å². The molecule has 0 spiro atoms. The van der Waals surface area contributed by atoms with E-state index in [1.54, 1.807) is 20.4 Å². The number of aromatic nitrogens is 2. The smallest absolute Gasteiger partial charge is 0.230 e. The van der Waals surface area contributed by atoms with Gasteiger partial charge in [0.25, 0.3) is 0 Å². The predicted octanol–water partition coefficient (Wildman–Crippen LogP) is 4.85. The average Bonchev–Trinajstić information content (AvgIpc) is 3.10. The molecule has 0 N–H and O–H groups in total. The van der Waals surface area contributed by atoms with Crippen LogP contribution >= 0.6 is 0 Å². The molecule has 5 heteroatoms. The van der Waals surface area contributed by atoms with E-state index < -0.39 is 0 Å². The van der Waals surface area contributed by atoms with Crippen LogP contribution in [0.5, 0.6) is 11.5 Å². The zero-order valence-corrected chi connectivity index (χ0v) is 15.9. The lowest BCUT2D eigenvalue weighted by atomic mass is 10.2. The summed E-state index contributed by atoms with van der Waals surface area (Å²) in [6.07, 6.45) is 1.80. The normalized spacial score (nSPS) is 11.2. The van der Waals surface area contributed by atoms with Crippen LogP contribution in [0.15, 0.2) is 77.8 Å². The molecule has 0 saturated carbocycles. The molecule has 28 heavy (non-hydrogen) atoms. The van der Waals surface area contributed by atoms with E-state index in [-0.39, 0.29) is 0 Å². The Kier molecular flexibility index (Phi) is 5.06. The number of para-hydroxylation sites is 2. The molecule has 0 unspecified atom stereocenters. The Morgan fingerprint density at radius 1 is 0.893 bits per heavy atom. The summed E-state index contributed by atoms with van der Waals surface area (Å²) in [5.41, 5.74) is 4.10. The third-order valence-corrected chi connectivity index (χ3v) is 4.55. The number of imidazole rings is 1. The molecule has 0 aliphatic rings. The topological polar surface area (TPSA) is 48.6 Å². The number of ether oxygens (including phenoxy) is 2. The van der Waals surface area contributed by atoms with Crippen LogP contribution in [0.25, 0.3) is 11.0 Å². The third kappa shape index (κ3) is 3.60. The van der Waals surface area contributed by atoms with Crippen molar-refractivity contribution in [3.05, 3.63) is 83.9 Å². The molecule has 0 amide bonds. The fourth-order valence-electron chi connectivity index (χ4n) is 3.15. The quantitative estimate of drug-likeness (QED) is 0.455. The number of hydrogen-bond acceptors (Lipinski definition) is 4. The molecule has 5 nitrogen and oxygen atoms in total. The van der Waals surface area contributed by atoms with Gasteiger partial charge in [-0.25, -0.2) is 9.98 Å². The summed E-state index contributed by atoms with van der Waals surface area (Å²) in [5, 5.41) is 0. The van der Waals surface area contributed by atoms with E-state index in [9.17, 15) is 0 Å². The minimum atomic E-state index is 0.667. The molecule has 0 bridgehead atoms. The highest BCUT2D eigenvalue weighted by Crippen LogP contribution is 2.28. The molecular formula is C23H21N3O2. The molecule has 140 valence electrons. The standard InChI is InChI=1S/C23H21N3O2/c1-27-21-13-12-18(14-22(21)28-2)15-24-23-25-19-10-6-7-11-20(19)26(23)16-17-8-4-3-5-9-17/h3-15H,16H2,1-2H3. The minimum absolute atomic E-state index is 0.667. The van der Waals surface area contributed by atoms with Gasteiger partial charge in [-0.1, -0.05) is 42.5 Å². The number of methoxy groups -OCH3 is 2. The summed E-state index contributed by atoms with van der Waals surface area (Å²) in [5.74, 6) is 2.03. The molecule has 0 aliphatic carbocycles. The first kappa shape index (κ1) is 17.8. The number of fused-ring (bicyclic) bond motifs is 1. The first-order valence-electron chi connectivity index (χ1n) is 9.04. The SMILES string of the molecule is COc1ccc(C=Nc2nc3ccccc3n2Cc2ccccc2)cc1OC. The van der Waals surface area contributed by atoms with Crippen LogP contribution in [0, 0.1) is 0 Å². The van der Waals surface area contributed by atoms with Crippen molar-refractivity contribution in [3.63, 3.8) is 0 Å². The van der Waals surface area contributed by atoms with Gasteiger partial charge in [0.05, 0.1) is 31.8 Å². The number of nitrogens with zero attached hydrogens (tertiary/aromatic N) is 3. The monoisotopic (exact) mass is 371 g/mol. The Labute approximate surface area is 163 Å². The van der Waals surface area contributed by atoms with Crippen LogP contribution in [0.3, 0.4) is 0 Å². The van der Waals surface area contributed by atoms with Crippen LogP contribution in [-0.4, -0.2) is 30.0 Å². The number of benzene rings is 3. The highest BCUT2D eigenvalue weighted by atomic mass is 16.5. The zero-order valence-electron chi connectivity index (χ0n) is 15.9. The maximum atomic E-state index is 5.37. The van der Waals surface area contributed by atoms with Gasteiger partial charge in [0.15, 0.2) is 11.5 Å². The second kappa shape index (κ2) is 7.96.